The van der Waals surface area contributed by atoms with Crippen molar-refractivity contribution in [1.29, 1.82) is 0 Å². The minimum absolute atomic E-state index is 0.232. The molecule has 0 saturated carbocycles. The molecule has 2 rings (SSSR count). The Bertz CT molecular complexity index is 495. The molecule has 1 aliphatic heterocycles. The minimum atomic E-state index is 0.232. The lowest BCUT2D eigenvalue weighted by molar-refractivity contribution is -0.0972. The average molecular weight is 305 g/mol. The average Bonchev–Trinajstić information content (AvgIpc) is 2.48. The molecule has 5 heteroatoms. The van der Waals surface area contributed by atoms with Crippen LogP contribution in [0.4, 0.5) is 0 Å². The highest BCUT2D eigenvalue weighted by Gasteiger charge is 2.33. The molecule has 1 heterocycles. The van der Waals surface area contributed by atoms with E-state index < -0.39 is 0 Å². The van der Waals surface area contributed by atoms with Crippen molar-refractivity contribution in [3.8, 4) is 5.75 Å². The molecule has 0 aromatic heterocycles. The van der Waals surface area contributed by atoms with Gasteiger partial charge in [0.05, 0.1) is 19.8 Å². The maximum absolute atomic E-state index is 5.47. The van der Waals surface area contributed by atoms with E-state index in [-0.39, 0.29) is 5.41 Å². The molecule has 0 amide bonds. The van der Waals surface area contributed by atoms with Crippen LogP contribution in [0.3, 0.4) is 0 Å². The molecule has 0 spiro atoms. The molecular weight excluding hydrogens is 278 g/mol. The third-order valence-electron chi connectivity index (χ3n) is 3.80. The summed E-state index contributed by atoms with van der Waals surface area (Å²) >= 11 is 0. The molecular formula is C17H27N3O2. The van der Waals surface area contributed by atoms with Gasteiger partial charge in [-0.15, -0.1) is 0 Å². The van der Waals surface area contributed by atoms with E-state index in [1.165, 1.54) is 5.56 Å². The summed E-state index contributed by atoms with van der Waals surface area (Å²) in [6.45, 7) is 8.23. The number of rotatable bonds is 6. The SMILES string of the molecule is CCOc1ccc(CN(C)C(=NC)NCC2(C)COC2)cc1. The first-order valence-corrected chi connectivity index (χ1v) is 7.77. The molecule has 0 aliphatic carbocycles. The maximum Gasteiger partial charge on any atom is 0.193 e. The number of nitrogens with zero attached hydrogens (tertiary/aromatic N) is 2. The molecule has 0 atom stereocenters. The number of ether oxygens (including phenoxy) is 2. The zero-order valence-corrected chi connectivity index (χ0v) is 14.1. The van der Waals surface area contributed by atoms with Gasteiger partial charge in [0.15, 0.2) is 5.96 Å². The van der Waals surface area contributed by atoms with Crippen molar-refractivity contribution in [2.75, 3.05) is 40.5 Å². The summed E-state index contributed by atoms with van der Waals surface area (Å²) in [5.41, 5.74) is 1.46. The van der Waals surface area contributed by atoms with Crippen molar-refractivity contribution in [3.05, 3.63) is 29.8 Å². The van der Waals surface area contributed by atoms with Gasteiger partial charge in [0, 0.05) is 32.6 Å². The first-order chi connectivity index (χ1) is 10.6. The lowest BCUT2D eigenvalue weighted by Crippen LogP contribution is -2.51. The smallest absolute Gasteiger partial charge is 0.193 e. The number of benzene rings is 1. The molecule has 1 aromatic rings. The monoisotopic (exact) mass is 305 g/mol. The molecule has 1 aromatic carbocycles. The van der Waals surface area contributed by atoms with E-state index in [4.69, 9.17) is 9.47 Å². The summed E-state index contributed by atoms with van der Waals surface area (Å²) in [4.78, 5) is 6.48. The molecule has 22 heavy (non-hydrogen) atoms. The highest BCUT2D eigenvalue weighted by atomic mass is 16.5. The van der Waals surface area contributed by atoms with Crippen LogP contribution in [0.25, 0.3) is 0 Å². The summed E-state index contributed by atoms with van der Waals surface area (Å²) in [5.74, 6) is 1.82. The summed E-state index contributed by atoms with van der Waals surface area (Å²) in [7, 11) is 3.86. The number of aliphatic imine (C=N–C) groups is 1. The molecule has 0 bridgehead atoms. The lowest BCUT2D eigenvalue weighted by Gasteiger charge is -2.39. The Balaban J connectivity index is 1.87. The highest BCUT2D eigenvalue weighted by Crippen LogP contribution is 2.25. The quantitative estimate of drug-likeness (QED) is 0.646. The van der Waals surface area contributed by atoms with Crippen molar-refractivity contribution < 1.29 is 9.47 Å². The summed E-state index contributed by atoms with van der Waals surface area (Å²) < 4.78 is 10.8. The Hall–Kier alpha value is -1.75. The fourth-order valence-electron chi connectivity index (χ4n) is 2.44. The second kappa shape index (κ2) is 7.49. The van der Waals surface area contributed by atoms with E-state index in [2.05, 4.69) is 34.3 Å². The molecule has 1 fully saturated rings. The van der Waals surface area contributed by atoms with Gasteiger partial charge in [0.25, 0.3) is 0 Å². The van der Waals surface area contributed by atoms with Crippen LogP contribution < -0.4 is 10.1 Å². The van der Waals surface area contributed by atoms with Crippen LogP contribution in [-0.4, -0.2) is 51.3 Å². The van der Waals surface area contributed by atoms with Crippen molar-refractivity contribution >= 4 is 5.96 Å². The standard InChI is InChI=1S/C17H27N3O2/c1-5-22-15-8-6-14(7-9-15)10-20(4)16(18-3)19-11-17(2)12-21-13-17/h6-9H,5,10-13H2,1-4H3,(H,18,19). The second-order valence-corrected chi connectivity index (χ2v) is 6.14. The minimum Gasteiger partial charge on any atom is -0.494 e. The normalized spacial score (nSPS) is 16.8. The molecule has 1 aliphatic rings. The third-order valence-corrected chi connectivity index (χ3v) is 3.80. The molecule has 122 valence electrons. The lowest BCUT2D eigenvalue weighted by atomic mass is 9.89. The predicted octanol–water partition coefficient (Wildman–Crippen LogP) is 2.13. The van der Waals surface area contributed by atoms with Crippen LogP contribution in [0, 0.1) is 5.41 Å². The summed E-state index contributed by atoms with van der Waals surface area (Å²) in [6.07, 6.45) is 0. The van der Waals surface area contributed by atoms with Gasteiger partial charge < -0.3 is 19.7 Å². The van der Waals surface area contributed by atoms with Crippen molar-refractivity contribution in [3.63, 3.8) is 0 Å². The Kier molecular flexibility index (Phi) is 5.66. The van der Waals surface area contributed by atoms with E-state index in [9.17, 15) is 0 Å². The van der Waals surface area contributed by atoms with E-state index in [0.29, 0.717) is 6.61 Å². The van der Waals surface area contributed by atoms with E-state index in [1.54, 1.807) is 0 Å². The van der Waals surface area contributed by atoms with Crippen LogP contribution in [0.5, 0.6) is 5.75 Å². The molecule has 0 unspecified atom stereocenters. The molecule has 1 N–H and O–H groups in total. The number of hydrogen-bond acceptors (Lipinski definition) is 3. The van der Waals surface area contributed by atoms with Gasteiger partial charge in [-0.3, -0.25) is 4.99 Å². The summed E-state index contributed by atoms with van der Waals surface area (Å²) in [5, 5.41) is 3.43. The number of nitrogens with one attached hydrogen (secondary N) is 1. The van der Waals surface area contributed by atoms with Crippen molar-refractivity contribution in [2.24, 2.45) is 10.4 Å². The Morgan fingerprint density at radius 2 is 2.05 bits per heavy atom. The zero-order valence-electron chi connectivity index (χ0n) is 14.1. The molecule has 5 nitrogen and oxygen atoms in total. The van der Waals surface area contributed by atoms with Gasteiger partial charge in [-0.05, 0) is 24.6 Å². The Morgan fingerprint density at radius 3 is 2.55 bits per heavy atom. The second-order valence-electron chi connectivity index (χ2n) is 6.14. The Morgan fingerprint density at radius 1 is 1.36 bits per heavy atom. The summed E-state index contributed by atoms with van der Waals surface area (Å²) in [6, 6.07) is 8.21. The molecule has 1 saturated heterocycles. The number of hydrogen-bond donors (Lipinski definition) is 1. The third kappa shape index (κ3) is 4.37. The zero-order chi connectivity index (χ0) is 16.0. The fraction of sp³-hybridized carbons (Fsp3) is 0.588. The fourth-order valence-corrected chi connectivity index (χ4v) is 2.44. The van der Waals surface area contributed by atoms with Crippen molar-refractivity contribution in [1.82, 2.24) is 10.2 Å². The Labute approximate surface area is 133 Å². The predicted molar refractivity (Wildman–Crippen MR) is 89.4 cm³/mol. The van der Waals surface area contributed by atoms with E-state index in [0.717, 1.165) is 38.0 Å². The van der Waals surface area contributed by atoms with Crippen LogP contribution in [0.2, 0.25) is 0 Å². The highest BCUT2D eigenvalue weighted by molar-refractivity contribution is 5.79. The van der Waals surface area contributed by atoms with Gasteiger partial charge in [0.1, 0.15) is 5.75 Å². The van der Waals surface area contributed by atoms with Gasteiger partial charge >= 0.3 is 0 Å². The van der Waals surface area contributed by atoms with Gasteiger partial charge in [-0.2, -0.15) is 0 Å². The maximum atomic E-state index is 5.47. The number of guanidine groups is 1. The van der Waals surface area contributed by atoms with Crippen LogP contribution in [0.1, 0.15) is 19.4 Å². The van der Waals surface area contributed by atoms with Crippen molar-refractivity contribution in [2.45, 2.75) is 20.4 Å². The van der Waals surface area contributed by atoms with Crippen LogP contribution >= 0.6 is 0 Å². The topological polar surface area (TPSA) is 46.1 Å². The molecule has 0 radical (unpaired) electrons. The first-order valence-electron chi connectivity index (χ1n) is 7.77. The van der Waals surface area contributed by atoms with Gasteiger partial charge in [0.2, 0.25) is 0 Å². The van der Waals surface area contributed by atoms with E-state index >= 15 is 0 Å². The van der Waals surface area contributed by atoms with Gasteiger partial charge in [-0.1, -0.05) is 19.1 Å². The van der Waals surface area contributed by atoms with Crippen LogP contribution in [-0.2, 0) is 11.3 Å². The largest absolute Gasteiger partial charge is 0.494 e. The van der Waals surface area contributed by atoms with Crippen LogP contribution in [0.15, 0.2) is 29.3 Å². The van der Waals surface area contributed by atoms with Gasteiger partial charge in [-0.25, -0.2) is 0 Å². The van der Waals surface area contributed by atoms with E-state index in [1.807, 2.05) is 33.2 Å². The first kappa shape index (κ1) is 16.6.